The van der Waals surface area contributed by atoms with Crippen LogP contribution in [0.25, 0.3) is 100 Å². The Morgan fingerprint density at radius 2 is 0.786 bits per heavy atom. The van der Waals surface area contributed by atoms with Crippen molar-refractivity contribution in [2.24, 2.45) is 0 Å². The Bertz CT molecular complexity index is 3200. The highest BCUT2D eigenvalue weighted by Gasteiger charge is 2.23. The molecule has 0 fully saturated rings. The van der Waals surface area contributed by atoms with Gasteiger partial charge in [-0.15, -0.1) is 0 Å². The van der Waals surface area contributed by atoms with Crippen LogP contribution in [0, 0.1) is 0 Å². The summed E-state index contributed by atoms with van der Waals surface area (Å²) >= 11 is 0. The Hall–Kier alpha value is -7.63. The first-order valence-corrected chi connectivity index (χ1v) is 18.9. The average Bonchev–Trinajstić information content (AvgIpc) is 3.80. The van der Waals surface area contributed by atoms with Crippen molar-refractivity contribution >= 4 is 43.6 Å². The minimum Gasteiger partial charge on any atom is -0.309 e. The van der Waals surface area contributed by atoms with Gasteiger partial charge in [0.05, 0.1) is 22.1 Å². The summed E-state index contributed by atoms with van der Waals surface area (Å²) in [5, 5.41) is 4.68. The Kier molecular flexibility index (Phi) is 7.42. The van der Waals surface area contributed by atoms with E-state index in [2.05, 4.69) is 185 Å². The lowest BCUT2D eigenvalue weighted by Crippen LogP contribution is -2.06. The summed E-state index contributed by atoms with van der Waals surface area (Å²) in [6, 6.07) is 70.3. The van der Waals surface area contributed by atoms with Crippen molar-refractivity contribution in [2.45, 2.75) is 0 Å². The Labute approximate surface area is 323 Å². The van der Waals surface area contributed by atoms with Crippen LogP contribution in [-0.2, 0) is 0 Å². The standard InChI is InChI=1S/C51H33N5/c1-5-15-34(16-6-1)36-25-27-38(28-26-36)50-52-49(37-19-9-3-10-20-37)53-51(54-50)56-45-31-29-39(35-17-7-2-8-18-35)33-43(45)47-46(56)32-30-42-41-23-13-14-24-44(41)55(48(42)47)40-21-11-4-12-22-40/h1-33H. The van der Waals surface area contributed by atoms with Crippen LogP contribution in [0.1, 0.15) is 0 Å². The molecular formula is C51H33N5. The maximum absolute atomic E-state index is 5.29. The molecule has 0 amide bonds. The molecule has 5 nitrogen and oxygen atoms in total. The zero-order valence-electron chi connectivity index (χ0n) is 30.3. The molecule has 5 heteroatoms. The van der Waals surface area contributed by atoms with Gasteiger partial charge in [0.2, 0.25) is 5.95 Å². The Balaban J connectivity index is 1.23. The van der Waals surface area contributed by atoms with Gasteiger partial charge in [-0.3, -0.25) is 4.57 Å². The van der Waals surface area contributed by atoms with Crippen LogP contribution in [0.15, 0.2) is 200 Å². The van der Waals surface area contributed by atoms with E-state index in [-0.39, 0.29) is 0 Å². The van der Waals surface area contributed by atoms with Crippen LogP contribution in [0.2, 0.25) is 0 Å². The average molecular weight is 716 g/mol. The van der Waals surface area contributed by atoms with E-state index in [1.807, 2.05) is 24.3 Å². The van der Waals surface area contributed by atoms with Crippen LogP contribution < -0.4 is 0 Å². The topological polar surface area (TPSA) is 48.5 Å². The first kappa shape index (κ1) is 31.9. The SMILES string of the molecule is c1ccc(-c2ccc(-c3nc(-c4ccccc4)nc(-n4c5ccc(-c6ccccc6)cc5c5c4ccc4c6ccccc6n(-c6ccccc6)c45)n3)cc2)cc1. The monoisotopic (exact) mass is 715 g/mol. The van der Waals surface area contributed by atoms with Crippen LogP contribution >= 0.6 is 0 Å². The molecule has 11 rings (SSSR count). The first-order valence-electron chi connectivity index (χ1n) is 18.9. The van der Waals surface area contributed by atoms with E-state index in [0.29, 0.717) is 17.6 Å². The van der Waals surface area contributed by atoms with E-state index in [1.54, 1.807) is 0 Å². The number of benzene rings is 8. The van der Waals surface area contributed by atoms with E-state index in [4.69, 9.17) is 15.0 Å². The number of para-hydroxylation sites is 2. The third-order valence-electron chi connectivity index (χ3n) is 10.8. The zero-order valence-corrected chi connectivity index (χ0v) is 30.3. The van der Waals surface area contributed by atoms with E-state index in [0.717, 1.165) is 60.8 Å². The molecule has 8 aromatic carbocycles. The minimum atomic E-state index is 0.565. The number of aromatic nitrogens is 5. The number of fused-ring (bicyclic) bond motifs is 7. The van der Waals surface area contributed by atoms with E-state index >= 15 is 0 Å². The molecule has 0 radical (unpaired) electrons. The van der Waals surface area contributed by atoms with E-state index < -0.39 is 0 Å². The Morgan fingerprint density at radius 1 is 0.304 bits per heavy atom. The molecule has 0 spiro atoms. The molecule has 0 aliphatic carbocycles. The molecule has 0 saturated heterocycles. The summed E-state index contributed by atoms with van der Waals surface area (Å²) in [5.74, 6) is 1.80. The largest absolute Gasteiger partial charge is 0.309 e. The van der Waals surface area contributed by atoms with Crippen LogP contribution in [-0.4, -0.2) is 24.1 Å². The van der Waals surface area contributed by atoms with Crippen molar-refractivity contribution in [3.05, 3.63) is 200 Å². The molecule has 0 atom stereocenters. The fraction of sp³-hybridized carbons (Fsp3) is 0. The van der Waals surface area contributed by atoms with Crippen molar-refractivity contribution in [3.8, 4) is 56.7 Å². The fourth-order valence-corrected chi connectivity index (χ4v) is 8.18. The second-order valence-corrected chi connectivity index (χ2v) is 14.1. The Morgan fingerprint density at radius 3 is 1.46 bits per heavy atom. The molecule has 0 bridgehead atoms. The summed E-state index contributed by atoms with van der Waals surface area (Å²) in [6.45, 7) is 0. The highest BCUT2D eigenvalue weighted by atomic mass is 15.2. The smallest absolute Gasteiger partial charge is 0.238 e. The molecule has 11 aromatic rings. The summed E-state index contributed by atoms with van der Waals surface area (Å²) in [6.07, 6.45) is 0. The van der Waals surface area contributed by atoms with Crippen molar-refractivity contribution in [1.82, 2.24) is 24.1 Å². The van der Waals surface area contributed by atoms with Gasteiger partial charge >= 0.3 is 0 Å². The van der Waals surface area contributed by atoms with Gasteiger partial charge in [-0.25, -0.2) is 4.98 Å². The summed E-state index contributed by atoms with van der Waals surface area (Å²) in [5.41, 5.74) is 11.9. The predicted molar refractivity (Wildman–Crippen MR) is 230 cm³/mol. The third-order valence-corrected chi connectivity index (χ3v) is 10.8. The highest BCUT2D eigenvalue weighted by Crippen LogP contribution is 2.43. The first-order chi connectivity index (χ1) is 27.8. The molecule has 0 unspecified atom stereocenters. The van der Waals surface area contributed by atoms with Crippen molar-refractivity contribution in [3.63, 3.8) is 0 Å². The minimum absolute atomic E-state index is 0.565. The van der Waals surface area contributed by atoms with Gasteiger partial charge in [-0.1, -0.05) is 164 Å². The second-order valence-electron chi connectivity index (χ2n) is 14.1. The quantitative estimate of drug-likeness (QED) is 0.172. The van der Waals surface area contributed by atoms with Crippen LogP contribution in [0.5, 0.6) is 0 Å². The highest BCUT2D eigenvalue weighted by molar-refractivity contribution is 6.26. The lowest BCUT2D eigenvalue weighted by molar-refractivity contribution is 0.953. The van der Waals surface area contributed by atoms with Crippen molar-refractivity contribution < 1.29 is 0 Å². The maximum Gasteiger partial charge on any atom is 0.238 e. The van der Waals surface area contributed by atoms with Crippen LogP contribution in [0.4, 0.5) is 0 Å². The van der Waals surface area contributed by atoms with Gasteiger partial charge in [-0.2, -0.15) is 9.97 Å². The van der Waals surface area contributed by atoms with E-state index in [9.17, 15) is 0 Å². The number of nitrogens with zero attached hydrogens (tertiary/aromatic N) is 5. The van der Waals surface area contributed by atoms with Gasteiger partial charge in [0.25, 0.3) is 0 Å². The summed E-state index contributed by atoms with van der Waals surface area (Å²) in [4.78, 5) is 15.6. The lowest BCUT2D eigenvalue weighted by Gasteiger charge is -2.12. The van der Waals surface area contributed by atoms with Gasteiger partial charge in [0.15, 0.2) is 11.6 Å². The van der Waals surface area contributed by atoms with Gasteiger partial charge in [-0.05, 0) is 58.7 Å². The summed E-state index contributed by atoms with van der Waals surface area (Å²) < 4.78 is 4.64. The molecule has 0 saturated carbocycles. The van der Waals surface area contributed by atoms with Gasteiger partial charge in [0.1, 0.15) is 0 Å². The zero-order chi connectivity index (χ0) is 37.0. The molecule has 0 N–H and O–H groups in total. The predicted octanol–water partition coefficient (Wildman–Crippen LogP) is 12.7. The number of hydrogen-bond acceptors (Lipinski definition) is 3. The molecule has 0 aliphatic rings. The normalized spacial score (nSPS) is 11.6. The molecule has 3 aromatic heterocycles. The maximum atomic E-state index is 5.29. The second kappa shape index (κ2) is 13.0. The third kappa shape index (κ3) is 5.21. The molecule has 262 valence electrons. The number of hydrogen-bond donors (Lipinski definition) is 0. The molecule has 56 heavy (non-hydrogen) atoms. The fourth-order valence-electron chi connectivity index (χ4n) is 8.18. The van der Waals surface area contributed by atoms with Crippen molar-refractivity contribution in [2.75, 3.05) is 0 Å². The molecule has 3 heterocycles. The lowest BCUT2D eigenvalue weighted by atomic mass is 10.0. The van der Waals surface area contributed by atoms with E-state index in [1.165, 1.54) is 21.9 Å². The molecular weight excluding hydrogens is 683 g/mol. The summed E-state index contributed by atoms with van der Waals surface area (Å²) in [7, 11) is 0. The van der Waals surface area contributed by atoms with Gasteiger partial charge < -0.3 is 4.57 Å². The molecule has 0 aliphatic heterocycles. The van der Waals surface area contributed by atoms with Crippen molar-refractivity contribution in [1.29, 1.82) is 0 Å². The van der Waals surface area contributed by atoms with Crippen LogP contribution in [0.3, 0.4) is 0 Å². The van der Waals surface area contributed by atoms with Gasteiger partial charge in [0, 0.05) is 38.4 Å². The number of rotatable bonds is 6.